The largest absolute Gasteiger partial charge is 0.481 e. The zero-order valence-corrected chi connectivity index (χ0v) is 8.70. The molecule has 1 heterocycles. The van der Waals surface area contributed by atoms with Crippen LogP contribution in [0.15, 0.2) is 6.20 Å². The van der Waals surface area contributed by atoms with Crippen LogP contribution < -0.4 is 5.73 Å². The van der Waals surface area contributed by atoms with Crippen LogP contribution in [0.5, 0.6) is 0 Å². The van der Waals surface area contributed by atoms with Crippen molar-refractivity contribution >= 4 is 5.97 Å². The average Bonchev–Trinajstić information content (AvgIpc) is 2.16. The monoisotopic (exact) mass is 230 g/mol. The molecule has 0 spiro atoms. The van der Waals surface area contributed by atoms with Gasteiger partial charge in [-0.1, -0.05) is 0 Å². The van der Waals surface area contributed by atoms with Gasteiger partial charge in [-0.2, -0.15) is 0 Å². The molecule has 0 saturated heterocycles. The summed E-state index contributed by atoms with van der Waals surface area (Å²) < 4.78 is 25.1. The van der Waals surface area contributed by atoms with Crippen molar-refractivity contribution in [3.63, 3.8) is 0 Å². The maximum Gasteiger partial charge on any atom is 0.309 e. The van der Waals surface area contributed by atoms with Gasteiger partial charge in [0.15, 0.2) is 0 Å². The summed E-state index contributed by atoms with van der Waals surface area (Å²) in [6.45, 7) is 1.50. The Bertz CT molecular complexity index is 408. The van der Waals surface area contributed by atoms with E-state index in [-0.39, 0.29) is 24.2 Å². The maximum absolute atomic E-state index is 12.5. The summed E-state index contributed by atoms with van der Waals surface area (Å²) in [5.74, 6) is -1.06. The van der Waals surface area contributed by atoms with Crippen LogP contribution in [-0.4, -0.2) is 16.1 Å². The van der Waals surface area contributed by atoms with E-state index in [0.29, 0.717) is 11.1 Å². The molecule has 88 valence electrons. The van der Waals surface area contributed by atoms with Crippen molar-refractivity contribution in [3.8, 4) is 0 Å². The molecule has 4 nitrogen and oxygen atoms in total. The second kappa shape index (κ2) is 4.98. The van der Waals surface area contributed by atoms with Gasteiger partial charge < -0.3 is 10.8 Å². The molecule has 0 atom stereocenters. The van der Waals surface area contributed by atoms with Crippen molar-refractivity contribution in [3.05, 3.63) is 28.6 Å². The molecule has 16 heavy (non-hydrogen) atoms. The summed E-state index contributed by atoms with van der Waals surface area (Å²) in [5.41, 5.74) is 6.18. The van der Waals surface area contributed by atoms with Crippen LogP contribution in [-0.2, 0) is 17.8 Å². The van der Waals surface area contributed by atoms with Crippen LogP contribution in [0, 0.1) is 6.92 Å². The molecule has 1 rings (SSSR count). The van der Waals surface area contributed by atoms with E-state index in [9.17, 15) is 13.6 Å². The minimum absolute atomic E-state index is 0.00199. The maximum atomic E-state index is 12.5. The third kappa shape index (κ3) is 2.52. The highest BCUT2D eigenvalue weighted by Gasteiger charge is 2.17. The quantitative estimate of drug-likeness (QED) is 0.820. The Morgan fingerprint density at radius 3 is 2.69 bits per heavy atom. The second-order valence-corrected chi connectivity index (χ2v) is 3.34. The lowest BCUT2D eigenvalue weighted by Crippen LogP contribution is -2.12. The summed E-state index contributed by atoms with van der Waals surface area (Å²) in [6, 6.07) is 0. The van der Waals surface area contributed by atoms with Gasteiger partial charge in [0.05, 0.1) is 12.1 Å². The van der Waals surface area contributed by atoms with E-state index in [1.165, 1.54) is 6.92 Å². The van der Waals surface area contributed by atoms with Crippen molar-refractivity contribution in [2.75, 3.05) is 0 Å². The summed E-state index contributed by atoms with van der Waals surface area (Å²) in [7, 11) is 0. The Morgan fingerprint density at radius 1 is 1.62 bits per heavy atom. The minimum atomic E-state index is -2.63. The number of aromatic nitrogens is 1. The van der Waals surface area contributed by atoms with E-state index < -0.39 is 12.4 Å². The van der Waals surface area contributed by atoms with E-state index in [1.54, 1.807) is 0 Å². The summed E-state index contributed by atoms with van der Waals surface area (Å²) in [5, 5.41) is 8.63. The number of nitrogens with two attached hydrogens (primary N) is 1. The lowest BCUT2D eigenvalue weighted by Gasteiger charge is -2.12. The topological polar surface area (TPSA) is 76.2 Å². The van der Waals surface area contributed by atoms with Crippen molar-refractivity contribution in [1.29, 1.82) is 0 Å². The molecule has 0 bridgehead atoms. The van der Waals surface area contributed by atoms with Crippen LogP contribution in [0.1, 0.15) is 28.8 Å². The van der Waals surface area contributed by atoms with Crippen molar-refractivity contribution < 1.29 is 18.7 Å². The molecular formula is C10H12F2N2O2. The standard InChI is InChI=1S/C10H12F2N2O2/c1-5-6(3-13)8(2-9(15)16)14-4-7(5)10(11)12/h4,10H,2-3,13H2,1H3,(H,15,16). The molecule has 1 aromatic heterocycles. The molecular weight excluding hydrogens is 218 g/mol. The number of halogens is 2. The van der Waals surface area contributed by atoms with Crippen LogP contribution in [0.3, 0.4) is 0 Å². The number of carboxylic acid groups (broad SMARTS) is 1. The van der Waals surface area contributed by atoms with Gasteiger partial charge in [0, 0.05) is 18.3 Å². The number of pyridine rings is 1. The molecule has 0 radical (unpaired) electrons. The first kappa shape index (κ1) is 12.5. The molecule has 0 fully saturated rings. The molecule has 0 saturated carbocycles. The van der Waals surface area contributed by atoms with Gasteiger partial charge in [0.25, 0.3) is 6.43 Å². The molecule has 0 aliphatic carbocycles. The lowest BCUT2D eigenvalue weighted by molar-refractivity contribution is -0.136. The predicted octanol–water partition coefficient (Wildman–Crippen LogP) is 1.41. The molecule has 0 aromatic carbocycles. The Kier molecular flexibility index (Phi) is 3.89. The third-order valence-corrected chi connectivity index (χ3v) is 2.35. The normalized spacial score (nSPS) is 10.8. The van der Waals surface area contributed by atoms with Crippen molar-refractivity contribution in [2.24, 2.45) is 5.73 Å². The number of nitrogens with zero attached hydrogens (tertiary/aromatic N) is 1. The van der Waals surface area contributed by atoms with E-state index in [1.807, 2.05) is 0 Å². The smallest absolute Gasteiger partial charge is 0.309 e. The Labute approximate surface area is 91.1 Å². The Hall–Kier alpha value is -1.56. The molecule has 0 amide bonds. The van der Waals surface area contributed by atoms with Gasteiger partial charge in [0.1, 0.15) is 0 Å². The van der Waals surface area contributed by atoms with Crippen LogP contribution in [0.4, 0.5) is 8.78 Å². The number of carbonyl (C=O) groups is 1. The molecule has 0 aliphatic heterocycles. The minimum Gasteiger partial charge on any atom is -0.481 e. The lowest BCUT2D eigenvalue weighted by atomic mass is 10.0. The number of hydrogen-bond donors (Lipinski definition) is 2. The summed E-state index contributed by atoms with van der Waals surface area (Å²) >= 11 is 0. The zero-order valence-electron chi connectivity index (χ0n) is 8.70. The predicted molar refractivity (Wildman–Crippen MR) is 53.2 cm³/mol. The van der Waals surface area contributed by atoms with Gasteiger partial charge in [-0.25, -0.2) is 8.78 Å². The fourth-order valence-corrected chi connectivity index (χ4v) is 1.50. The van der Waals surface area contributed by atoms with E-state index in [2.05, 4.69) is 4.98 Å². The molecule has 1 aromatic rings. The van der Waals surface area contributed by atoms with Crippen LogP contribution in [0.2, 0.25) is 0 Å². The first-order chi connectivity index (χ1) is 7.47. The Balaban J connectivity index is 3.23. The van der Waals surface area contributed by atoms with Gasteiger partial charge >= 0.3 is 5.97 Å². The molecule has 0 aliphatic rings. The fourth-order valence-electron chi connectivity index (χ4n) is 1.50. The molecule has 6 heteroatoms. The Morgan fingerprint density at radius 2 is 2.25 bits per heavy atom. The highest BCUT2D eigenvalue weighted by atomic mass is 19.3. The van der Waals surface area contributed by atoms with Crippen molar-refractivity contribution in [1.82, 2.24) is 4.98 Å². The number of alkyl halides is 2. The summed E-state index contributed by atoms with van der Waals surface area (Å²) in [6.07, 6.45) is -1.93. The van der Waals surface area contributed by atoms with Crippen LogP contribution in [0.25, 0.3) is 0 Å². The molecule has 3 N–H and O–H groups in total. The second-order valence-electron chi connectivity index (χ2n) is 3.34. The SMILES string of the molecule is Cc1c(C(F)F)cnc(CC(=O)O)c1CN. The van der Waals surface area contributed by atoms with Gasteiger partial charge in [-0.15, -0.1) is 0 Å². The third-order valence-electron chi connectivity index (χ3n) is 2.35. The van der Waals surface area contributed by atoms with Gasteiger partial charge in [-0.05, 0) is 18.1 Å². The average molecular weight is 230 g/mol. The highest BCUT2D eigenvalue weighted by Crippen LogP contribution is 2.25. The number of aliphatic carboxylic acids is 1. The first-order valence-electron chi connectivity index (χ1n) is 4.64. The first-order valence-corrected chi connectivity index (χ1v) is 4.64. The fraction of sp³-hybridized carbons (Fsp3) is 0.400. The van der Waals surface area contributed by atoms with Gasteiger partial charge in [-0.3, -0.25) is 9.78 Å². The number of rotatable bonds is 4. The van der Waals surface area contributed by atoms with E-state index in [4.69, 9.17) is 10.8 Å². The summed E-state index contributed by atoms with van der Waals surface area (Å²) in [4.78, 5) is 14.3. The van der Waals surface area contributed by atoms with E-state index in [0.717, 1.165) is 6.20 Å². The van der Waals surface area contributed by atoms with Crippen LogP contribution >= 0.6 is 0 Å². The highest BCUT2D eigenvalue weighted by molar-refractivity contribution is 5.70. The zero-order chi connectivity index (χ0) is 12.3. The van der Waals surface area contributed by atoms with Crippen molar-refractivity contribution in [2.45, 2.75) is 26.3 Å². The van der Waals surface area contributed by atoms with Gasteiger partial charge in [0.2, 0.25) is 0 Å². The number of carboxylic acids is 1. The van der Waals surface area contributed by atoms with E-state index >= 15 is 0 Å². The molecule has 0 unspecified atom stereocenters. The number of hydrogen-bond acceptors (Lipinski definition) is 3.